The van der Waals surface area contributed by atoms with E-state index in [0.717, 1.165) is 29.8 Å². The highest BCUT2D eigenvalue weighted by Gasteiger charge is 2.35. The van der Waals surface area contributed by atoms with Crippen molar-refractivity contribution in [1.29, 1.82) is 0 Å². The first-order chi connectivity index (χ1) is 9.14. The molecule has 1 heterocycles. The number of aromatic nitrogens is 1. The molecule has 0 bridgehead atoms. The predicted molar refractivity (Wildman–Crippen MR) is 79.6 cm³/mol. The van der Waals surface area contributed by atoms with Crippen LogP contribution >= 0.6 is 0 Å². The summed E-state index contributed by atoms with van der Waals surface area (Å²) in [6, 6.07) is 1.81. The summed E-state index contributed by atoms with van der Waals surface area (Å²) in [6.07, 6.45) is 1.26. The minimum Gasteiger partial charge on any atom is -0.388 e. The monoisotopic (exact) mass is 278 g/mol. The Morgan fingerprint density at radius 3 is 2.65 bits per heavy atom. The Labute approximate surface area is 121 Å². The largest absolute Gasteiger partial charge is 0.388 e. The summed E-state index contributed by atoms with van der Waals surface area (Å²) >= 11 is 0. The summed E-state index contributed by atoms with van der Waals surface area (Å²) in [5, 5.41) is 10.4. The van der Waals surface area contributed by atoms with E-state index >= 15 is 0 Å². The molecule has 0 radical (unpaired) electrons. The van der Waals surface area contributed by atoms with Crippen molar-refractivity contribution in [2.45, 2.75) is 52.7 Å². The molecule has 1 aliphatic rings. The first-order valence-electron chi connectivity index (χ1n) is 7.24. The van der Waals surface area contributed by atoms with E-state index in [1.54, 1.807) is 19.0 Å². The van der Waals surface area contributed by atoms with E-state index in [-0.39, 0.29) is 17.4 Å². The van der Waals surface area contributed by atoms with Crippen LogP contribution in [0.3, 0.4) is 0 Å². The van der Waals surface area contributed by atoms with Crippen molar-refractivity contribution >= 4 is 5.91 Å². The lowest BCUT2D eigenvalue weighted by molar-refractivity contribution is -0.131. The number of aliphatic hydroxyl groups excluding tert-OH is 1. The molecule has 1 aromatic heterocycles. The SMILES string of the molecule is Cc1cc2c(n1C(C)C(=O)N(C)C)CC(C)(C)CC2O. The van der Waals surface area contributed by atoms with E-state index in [1.165, 1.54) is 0 Å². The molecule has 1 aliphatic carbocycles. The summed E-state index contributed by atoms with van der Waals surface area (Å²) < 4.78 is 2.10. The Morgan fingerprint density at radius 1 is 1.50 bits per heavy atom. The fourth-order valence-corrected chi connectivity index (χ4v) is 3.39. The third kappa shape index (κ3) is 2.49. The number of aliphatic hydroxyl groups is 1. The molecular formula is C16H26N2O2. The molecular weight excluding hydrogens is 252 g/mol. The van der Waals surface area contributed by atoms with Crippen LogP contribution in [0.2, 0.25) is 0 Å². The zero-order valence-corrected chi connectivity index (χ0v) is 13.4. The molecule has 2 atom stereocenters. The van der Waals surface area contributed by atoms with Gasteiger partial charge in [0, 0.05) is 31.0 Å². The van der Waals surface area contributed by atoms with E-state index in [2.05, 4.69) is 18.4 Å². The number of hydrogen-bond acceptors (Lipinski definition) is 2. The van der Waals surface area contributed by atoms with E-state index < -0.39 is 6.10 Å². The van der Waals surface area contributed by atoms with Crippen LogP contribution in [0.1, 0.15) is 56.3 Å². The molecule has 0 saturated carbocycles. The number of carbonyl (C=O) groups is 1. The Hall–Kier alpha value is -1.29. The molecule has 0 aliphatic heterocycles. The molecule has 0 saturated heterocycles. The predicted octanol–water partition coefficient (Wildman–Crippen LogP) is 2.45. The van der Waals surface area contributed by atoms with Gasteiger partial charge in [0.2, 0.25) is 5.91 Å². The van der Waals surface area contributed by atoms with Crippen molar-refractivity contribution in [3.8, 4) is 0 Å². The number of nitrogens with zero attached hydrogens (tertiary/aromatic N) is 2. The van der Waals surface area contributed by atoms with Gasteiger partial charge < -0.3 is 14.6 Å². The Balaban J connectivity index is 2.49. The zero-order chi connectivity index (χ0) is 15.2. The molecule has 4 nitrogen and oxygen atoms in total. The summed E-state index contributed by atoms with van der Waals surface area (Å²) in [4.78, 5) is 13.9. The van der Waals surface area contributed by atoms with Gasteiger partial charge in [0.1, 0.15) is 6.04 Å². The quantitative estimate of drug-likeness (QED) is 0.903. The maximum atomic E-state index is 12.3. The third-order valence-electron chi connectivity index (χ3n) is 4.30. The standard InChI is InChI=1S/C16H26N2O2/c1-10-7-12-13(8-16(3,4)9-14(12)19)18(10)11(2)15(20)17(5)6/h7,11,14,19H,8-9H2,1-6H3. The summed E-state index contributed by atoms with van der Waals surface area (Å²) in [5.41, 5.74) is 3.24. The molecule has 0 spiro atoms. The average molecular weight is 278 g/mol. The normalized spacial score (nSPS) is 22.2. The molecule has 0 aromatic carbocycles. The Bertz CT molecular complexity index is 529. The van der Waals surface area contributed by atoms with Gasteiger partial charge >= 0.3 is 0 Å². The zero-order valence-electron chi connectivity index (χ0n) is 13.4. The number of rotatable bonds is 2. The van der Waals surface area contributed by atoms with Gasteiger partial charge in [-0.1, -0.05) is 13.8 Å². The van der Waals surface area contributed by atoms with Gasteiger partial charge in [0.15, 0.2) is 0 Å². The molecule has 1 aromatic rings. The van der Waals surface area contributed by atoms with Gasteiger partial charge in [-0.25, -0.2) is 0 Å². The molecule has 2 rings (SSSR count). The topological polar surface area (TPSA) is 45.5 Å². The second kappa shape index (κ2) is 4.92. The molecule has 112 valence electrons. The van der Waals surface area contributed by atoms with E-state index in [9.17, 15) is 9.90 Å². The van der Waals surface area contributed by atoms with E-state index in [1.807, 2.05) is 19.9 Å². The van der Waals surface area contributed by atoms with Crippen LogP contribution in [-0.2, 0) is 11.2 Å². The molecule has 1 amide bonds. The Kier molecular flexibility index (Phi) is 3.71. The number of amides is 1. The maximum absolute atomic E-state index is 12.3. The van der Waals surface area contributed by atoms with Gasteiger partial charge in [-0.05, 0) is 38.2 Å². The minimum atomic E-state index is -0.421. The summed E-state index contributed by atoms with van der Waals surface area (Å²) in [7, 11) is 3.56. The average Bonchev–Trinajstić information content (AvgIpc) is 2.62. The van der Waals surface area contributed by atoms with Gasteiger partial charge in [-0.15, -0.1) is 0 Å². The van der Waals surface area contributed by atoms with Crippen LogP contribution in [0.4, 0.5) is 0 Å². The van der Waals surface area contributed by atoms with Crippen LogP contribution in [0.15, 0.2) is 6.07 Å². The van der Waals surface area contributed by atoms with Gasteiger partial charge in [0.05, 0.1) is 6.10 Å². The first-order valence-corrected chi connectivity index (χ1v) is 7.24. The first kappa shape index (κ1) is 15.1. The van der Waals surface area contributed by atoms with Crippen molar-refractivity contribution < 1.29 is 9.90 Å². The highest BCUT2D eigenvalue weighted by Crippen LogP contribution is 2.42. The Morgan fingerprint density at radius 2 is 2.10 bits per heavy atom. The van der Waals surface area contributed by atoms with Crippen molar-refractivity contribution in [2.24, 2.45) is 5.41 Å². The van der Waals surface area contributed by atoms with Crippen molar-refractivity contribution in [2.75, 3.05) is 14.1 Å². The van der Waals surface area contributed by atoms with Crippen molar-refractivity contribution in [3.63, 3.8) is 0 Å². The lowest BCUT2D eigenvalue weighted by Gasteiger charge is -2.35. The fraction of sp³-hybridized carbons (Fsp3) is 0.688. The number of fused-ring (bicyclic) bond motifs is 1. The van der Waals surface area contributed by atoms with Gasteiger partial charge in [0.25, 0.3) is 0 Å². The van der Waals surface area contributed by atoms with Crippen LogP contribution in [0.25, 0.3) is 0 Å². The molecule has 2 unspecified atom stereocenters. The molecule has 0 fully saturated rings. The highest BCUT2D eigenvalue weighted by atomic mass is 16.3. The van der Waals surface area contributed by atoms with Crippen LogP contribution in [0.5, 0.6) is 0 Å². The molecule has 1 N–H and O–H groups in total. The minimum absolute atomic E-state index is 0.0653. The number of aryl methyl sites for hydroxylation is 1. The smallest absolute Gasteiger partial charge is 0.244 e. The molecule has 4 heteroatoms. The van der Waals surface area contributed by atoms with E-state index in [0.29, 0.717) is 0 Å². The van der Waals surface area contributed by atoms with Gasteiger partial charge in [-0.2, -0.15) is 0 Å². The fourth-order valence-electron chi connectivity index (χ4n) is 3.39. The molecule has 20 heavy (non-hydrogen) atoms. The maximum Gasteiger partial charge on any atom is 0.244 e. The van der Waals surface area contributed by atoms with Crippen LogP contribution < -0.4 is 0 Å². The lowest BCUT2D eigenvalue weighted by atomic mass is 9.75. The number of carbonyl (C=O) groups excluding carboxylic acids is 1. The lowest BCUT2D eigenvalue weighted by Crippen LogP contribution is -2.33. The van der Waals surface area contributed by atoms with Gasteiger partial charge in [-0.3, -0.25) is 4.79 Å². The third-order valence-corrected chi connectivity index (χ3v) is 4.30. The highest BCUT2D eigenvalue weighted by molar-refractivity contribution is 5.79. The van der Waals surface area contributed by atoms with Crippen LogP contribution in [0, 0.1) is 12.3 Å². The summed E-state index contributed by atoms with van der Waals surface area (Å²) in [5.74, 6) is 0.0874. The van der Waals surface area contributed by atoms with Crippen LogP contribution in [-0.4, -0.2) is 34.6 Å². The number of likely N-dealkylation sites (N-methyl/N-ethyl adjacent to an activating group) is 1. The summed E-state index contributed by atoms with van der Waals surface area (Å²) in [6.45, 7) is 8.29. The van der Waals surface area contributed by atoms with E-state index in [4.69, 9.17) is 0 Å². The second-order valence-electron chi connectivity index (χ2n) is 7.03. The number of hydrogen-bond donors (Lipinski definition) is 1. The second-order valence-corrected chi connectivity index (χ2v) is 7.03. The van der Waals surface area contributed by atoms with Crippen molar-refractivity contribution in [1.82, 2.24) is 9.47 Å². The van der Waals surface area contributed by atoms with Crippen molar-refractivity contribution in [3.05, 3.63) is 23.0 Å².